The highest BCUT2D eigenvalue weighted by Gasteiger charge is 2.25. The van der Waals surface area contributed by atoms with Crippen LogP contribution in [0.4, 0.5) is 0 Å². The molecule has 1 aromatic heterocycles. The molecule has 1 aliphatic rings. The number of hydrogen-bond acceptors (Lipinski definition) is 2. The number of hydrogen-bond donors (Lipinski definition) is 3. The second-order valence-corrected chi connectivity index (χ2v) is 8.13. The van der Waals surface area contributed by atoms with Crippen molar-refractivity contribution in [3.8, 4) is 0 Å². The van der Waals surface area contributed by atoms with E-state index in [1.165, 1.54) is 20.9 Å². The maximum absolute atomic E-state index is 12.3. The van der Waals surface area contributed by atoms with Crippen LogP contribution in [0.15, 0.2) is 41.8 Å². The van der Waals surface area contributed by atoms with E-state index in [0.29, 0.717) is 6.54 Å². The molecule has 5 heteroatoms. The average molecular weight is 360 g/mol. The molecule has 134 valence electrons. The summed E-state index contributed by atoms with van der Waals surface area (Å²) in [6.07, 6.45) is 0. The van der Waals surface area contributed by atoms with Crippen molar-refractivity contribution >= 4 is 17.2 Å². The lowest BCUT2D eigenvalue weighted by Gasteiger charge is -2.29. The molecule has 25 heavy (non-hydrogen) atoms. The van der Waals surface area contributed by atoms with Gasteiger partial charge in [-0.1, -0.05) is 35.9 Å². The summed E-state index contributed by atoms with van der Waals surface area (Å²) in [5, 5.41) is 5.19. The monoisotopic (exact) mass is 359 g/mol. The Morgan fingerprint density at radius 2 is 1.92 bits per heavy atom. The third-order valence-corrected chi connectivity index (χ3v) is 6.01. The minimum absolute atomic E-state index is 0.111. The van der Waals surface area contributed by atoms with Gasteiger partial charge in [-0.15, -0.1) is 11.3 Å². The van der Waals surface area contributed by atoms with Crippen molar-refractivity contribution in [2.75, 3.05) is 32.7 Å². The summed E-state index contributed by atoms with van der Waals surface area (Å²) in [4.78, 5) is 16.5. The smallest absolute Gasteiger partial charge is 0.275 e. The van der Waals surface area contributed by atoms with Crippen LogP contribution in [0, 0.1) is 6.92 Å². The number of benzene rings is 1. The van der Waals surface area contributed by atoms with Crippen LogP contribution in [0.25, 0.3) is 0 Å². The Morgan fingerprint density at radius 3 is 2.60 bits per heavy atom. The quantitative estimate of drug-likeness (QED) is 0.678. The largest absolute Gasteiger partial charge is 0.344 e. The summed E-state index contributed by atoms with van der Waals surface area (Å²) in [7, 11) is 0. The Morgan fingerprint density at radius 1 is 1.16 bits per heavy atom. The fourth-order valence-corrected chi connectivity index (χ4v) is 4.28. The first kappa shape index (κ1) is 18.1. The first-order valence-electron chi connectivity index (χ1n) is 9.15. The van der Waals surface area contributed by atoms with Crippen molar-refractivity contribution in [1.29, 1.82) is 0 Å². The molecule has 0 unspecified atom stereocenters. The fourth-order valence-electron chi connectivity index (χ4n) is 3.55. The number of aryl methyl sites for hydroxylation is 1. The molecular weight excluding hydrogens is 330 g/mol. The Kier molecular flexibility index (Phi) is 6.24. The lowest BCUT2D eigenvalue weighted by Crippen LogP contribution is -3.28. The minimum Gasteiger partial charge on any atom is -0.344 e. The standard InChI is InChI=1S/C20H27N3OS/c1-16-5-3-6-18(13-16)14-22-8-10-23(11-9-22)15-20(24)21-17(2)19-7-4-12-25-19/h3-7,12-13,17H,8-11,14-15H2,1-2H3,(H,21,24)/p+2/t17-/m1/s1. The number of nitrogens with one attached hydrogen (secondary N) is 3. The van der Waals surface area contributed by atoms with E-state index in [1.54, 1.807) is 16.2 Å². The van der Waals surface area contributed by atoms with E-state index in [1.807, 2.05) is 6.07 Å². The highest BCUT2D eigenvalue weighted by atomic mass is 32.1. The first-order valence-corrected chi connectivity index (χ1v) is 10.0. The van der Waals surface area contributed by atoms with E-state index in [-0.39, 0.29) is 11.9 Å². The molecule has 1 aliphatic heterocycles. The van der Waals surface area contributed by atoms with Crippen LogP contribution in [0.1, 0.15) is 29.0 Å². The van der Waals surface area contributed by atoms with E-state index in [2.05, 4.69) is 54.9 Å². The molecule has 1 fully saturated rings. The normalized spacial score (nSPS) is 21.7. The molecule has 0 saturated carbocycles. The van der Waals surface area contributed by atoms with Crippen molar-refractivity contribution in [1.82, 2.24) is 5.32 Å². The van der Waals surface area contributed by atoms with Gasteiger partial charge in [0.05, 0.1) is 6.04 Å². The molecule has 1 amide bonds. The zero-order chi connectivity index (χ0) is 17.6. The first-order chi connectivity index (χ1) is 12.1. The van der Waals surface area contributed by atoms with E-state index in [4.69, 9.17) is 0 Å². The molecule has 2 heterocycles. The molecular formula is C20H29N3OS+2. The summed E-state index contributed by atoms with van der Waals surface area (Å²) in [5.41, 5.74) is 2.75. The van der Waals surface area contributed by atoms with Gasteiger partial charge in [-0.25, -0.2) is 0 Å². The third kappa shape index (κ3) is 5.39. The SMILES string of the molecule is Cc1cccc(C[NH+]2CC[NH+](CC(=O)N[C@H](C)c3cccs3)CC2)c1. The van der Waals surface area contributed by atoms with Crippen molar-refractivity contribution in [3.63, 3.8) is 0 Å². The Hall–Kier alpha value is -1.69. The Labute approximate surface area is 154 Å². The van der Waals surface area contributed by atoms with Crippen LogP contribution in [0.3, 0.4) is 0 Å². The number of carbonyl (C=O) groups is 1. The fraction of sp³-hybridized carbons (Fsp3) is 0.450. The molecule has 0 spiro atoms. The molecule has 0 aliphatic carbocycles. The van der Waals surface area contributed by atoms with Gasteiger partial charge in [-0.05, 0) is 25.3 Å². The number of quaternary nitrogens is 2. The van der Waals surface area contributed by atoms with Gasteiger partial charge in [0.1, 0.15) is 32.7 Å². The van der Waals surface area contributed by atoms with Crippen LogP contribution >= 0.6 is 11.3 Å². The maximum atomic E-state index is 12.3. The van der Waals surface area contributed by atoms with E-state index in [0.717, 1.165) is 32.7 Å². The molecule has 0 bridgehead atoms. The zero-order valence-corrected chi connectivity index (χ0v) is 16.0. The van der Waals surface area contributed by atoms with Gasteiger partial charge in [0.25, 0.3) is 5.91 Å². The highest BCUT2D eigenvalue weighted by Crippen LogP contribution is 2.17. The average Bonchev–Trinajstić information content (AvgIpc) is 3.11. The lowest BCUT2D eigenvalue weighted by atomic mass is 10.1. The van der Waals surface area contributed by atoms with Crippen LogP contribution in [0.2, 0.25) is 0 Å². The summed E-state index contributed by atoms with van der Waals surface area (Å²) in [6.45, 7) is 10.3. The highest BCUT2D eigenvalue weighted by molar-refractivity contribution is 7.10. The van der Waals surface area contributed by atoms with Gasteiger partial charge in [0.2, 0.25) is 0 Å². The van der Waals surface area contributed by atoms with Gasteiger partial charge < -0.3 is 15.1 Å². The van der Waals surface area contributed by atoms with E-state index < -0.39 is 0 Å². The van der Waals surface area contributed by atoms with Gasteiger partial charge in [-0.3, -0.25) is 4.79 Å². The number of thiophene rings is 1. The number of carbonyl (C=O) groups excluding carboxylic acids is 1. The topological polar surface area (TPSA) is 38.0 Å². The van der Waals surface area contributed by atoms with Gasteiger partial charge in [0, 0.05) is 10.4 Å². The summed E-state index contributed by atoms with van der Waals surface area (Å²) in [6, 6.07) is 13.0. The molecule has 2 aromatic rings. The molecule has 1 aromatic carbocycles. The molecule has 4 nitrogen and oxygen atoms in total. The second-order valence-electron chi connectivity index (χ2n) is 7.15. The predicted octanol–water partition coefficient (Wildman–Crippen LogP) is 0.217. The van der Waals surface area contributed by atoms with Crippen molar-refractivity contribution in [2.45, 2.75) is 26.4 Å². The van der Waals surface area contributed by atoms with E-state index >= 15 is 0 Å². The molecule has 0 radical (unpaired) electrons. The zero-order valence-electron chi connectivity index (χ0n) is 15.2. The molecule has 3 N–H and O–H groups in total. The summed E-state index contributed by atoms with van der Waals surface area (Å²) >= 11 is 1.70. The summed E-state index contributed by atoms with van der Waals surface area (Å²) in [5.74, 6) is 0.165. The molecule has 3 rings (SSSR count). The van der Waals surface area contributed by atoms with Crippen molar-refractivity contribution in [2.24, 2.45) is 0 Å². The van der Waals surface area contributed by atoms with Gasteiger partial charge in [0.15, 0.2) is 6.54 Å². The minimum atomic E-state index is 0.111. The Balaban J connectivity index is 1.41. The van der Waals surface area contributed by atoms with Crippen LogP contribution in [0.5, 0.6) is 0 Å². The second kappa shape index (κ2) is 8.61. The van der Waals surface area contributed by atoms with Gasteiger partial charge in [-0.2, -0.15) is 0 Å². The third-order valence-electron chi connectivity index (χ3n) is 4.96. The van der Waals surface area contributed by atoms with Crippen LogP contribution < -0.4 is 15.1 Å². The summed E-state index contributed by atoms with van der Waals surface area (Å²) < 4.78 is 0. The predicted molar refractivity (Wildman–Crippen MR) is 102 cm³/mol. The van der Waals surface area contributed by atoms with E-state index in [9.17, 15) is 4.79 Å². The molecule has 1 saturated heterocycles. The lowest BCUT2D eigenvalue weighted by molar-refractivity contribution is -1.02. The van der Waals surface area contributed by atoms with Crippen LogP contribution in [-0.4, -0.2) is 38.6 Å². The molecule has 1 atom stereocenters. The maximum Gasteiger partial charge on any atom is 0.275 e. The van der Waals surface area contributed by atoms with Gasteiger partial charge >= 0.3 is 0 Å². The number of amides is 1. The number of rotatable bonds is 6. The Bertz CT molecular complexity index is 678. The van der Waals surface area contributed by atoms with Crippen molar-refractivity contribution < 1.29 is 14.6 Å². The van der Waals surface area contributed by atoms with Crippen molar-refractivity contribution in [3.05, 3.63) is 57.8 Å². The number of piperazine rings is 1. The van der Waals surface area contributed by atoms with Crippen LogP contribution in [-0.2, 0) is 11.3 Å².